The predicted molar refractivity (Wildman–Crippen MR) is 79.1 cm³/mol. The summed E-state index contributed by atoms with van der Waals surface area (Å²) in [6, 6.07) is 10.2. The van der Waals surface area contributed by atoms with Gasteiger partial charge >= 0.3 is 0 Å². The lowest BCUT2D eigenvalue weighted by Gasteiger charge is -2.24. The molecule has 2 rings (SSSR count). The van der Waals surface area contributed by atoms with Gasteiger partial charge in [-0.25, -0.2) is 0 Å². The van der Waals surface area contributed by atoms with Gasteiger partial charge in [-0.3, -0.25) is 9.69 Å². The van der Waals surface area contributed by atoms with Crippen molar-refractivity contribution in [1.82, 2.24) is 10.2 Å². The topological polar surface area (TPSA) is 52.6 Å². The summed E-state index contributed by atoms with van der Waals surface area (Å²) >= 11 is 0. The van der Waals surface area contributed by atoms with Gasteiger partial charge in [-0.2, -0.15) is 0 Å². The van der Waals surface area contributed by atoms with Crippen LogP contribution >= 0.6 is 0 Å². The monoisotopic (exact) mass is 276 g/mol. The van der Waals surface area contributed by atoms with E-state index in [0.29, 0.717) is 6.54 Å². The highest BCUT2D eigenvalue weighted by Gasteiger charge is 2.30. The number of amides is 1. The van der Waals surface area contributed by atoms with E-state index in [1.165, 1.54) is 5.56 Å². The summed E-state index contributed by atoms with van der Waals surface area (Å²) in [5, 5.41) is 11.9. The molecule has 2 unspecified atom stereocenters. The van der Waals surface area contributed by atoms with Gasteiger partial charge in [-0.1, -0.05) is 37.3 Å². The molecule has 4 heteroatoms. The molecule has 0 saturated carbocycles. The molecule has 1 amide bonds. The SMILES string of the molecule is CC(CO)CNC(=O)C1CCCN1Cc1ccccc1. The lowest BCUT2D eigenvalue weighted by atomic mass is 10.1. The van der Waals surface area contributed by atoms with E-state index in [2.05, 4.69) is 22.3 Å². The Hall–Kier alpha value is -1.39. The Morgan fingerprint density at radius 2 is 2.20 bits per heavy atom. The number of nitrogens with one attached hydrogen (secondary N) is 1. The van der Waals surface area contributed by atoms with Gasteiger partial charge in [-0.15, -0.1) is 0 Å². The Labute approximate surface area is 120 Å². The standard InChI is InChI=1S/C16H24N2O2/c1-13(12-19)10-17-16(20)15-8-5-9-18(15)11-14-6-3-2-4-7-14/h2-4,6-7,13,15,19H,5,8-12H2,1H3,(H,17,20). The van der Waals surface area contributed by atoms with Gasteiger partial charge in [0.15, 0.2) is 0 Å². The van der Waals surface area contributed by atoms with Crippen molar-refractivity contribution >= 4 is 5.91 Å². The Morgan fingerprint density at radius 1 is 1.45 bits per heavy atom. The minimum atomic E-state index is -0.0268. The third kappa shape index (κ3) is 4.05. The zero-order valence-corrected chi connectivity index (χ0v) is 12.1. The van der Waals surface area contributed by atoms with Gasteiger partial charge < -0.3 is 10.4 Å². The van der Waals surface area contributed by atoms with Crippen LogP contribution in [0.4, 0.5) is 0 Å². The average Bonchev–Trinajstić information content (AvgIpc) is 2.93. The van der Waals surface area contributed by atoms with Crippen LogP contribution in [0.3, 0.4) is 0 Å². The summed E-state index contributed by atoms with van der Waals surface area (Å²) in [4.78, 5) is 14.5. The molecule has 1 fully saturated rings. The third-order valence-corrected chi connectivity index (χ3v) is 3.83. The van der Waals surface area contributed by atoms with Gasteiger partial charge in [0.1, 0.15) is 0 Å². The normalized spacial score (nSPS) is 20.8. The molecule has 0 aliphatic carbocycles. The van der Waals surface area contributed by atoms with Gasteiger partial charge in [-0.05, 0) is 30.9 Å². The predicted octanol–water partition coefficient (Wildman–Crippen LogP) is 1.40. The van der Waals surface area contributed by atoms with Crippen LogP contribution in [0.5, 0.6) is 0 Å². The first-order valence-electron chi connectivity index (χ1n) is 7.37. The number of carbonyl (C=O) groups excluding carboxylic acids is 1. The van der Waals surface area contributed by atoms with Crippen LogP contribution in [-0.4, -0.2) is 41.7 Å². The number of hydrogen-bond acceptors (Lipinski definition) is 3. The first-order valence-corrected chi connectivity index (χ1v) is 7.37. The summed E-state index contributed by atoms with van der Waals surface area (Å²) in [5.74, 6) is 0.210. The molecule has 1 saturated heterocycles. The van der Waals surface area contributed by atoms with E-state index >= 15 is 0 Å². The molecule has 1 aromatic carbocycles. The second-order valence-electron chi connectivity index (χ2n) is 5.65. The van der Waals surface area contributed by atoms with Gasteiger partial charge in [0.2, 0.25) is 5.91 Å². The van der Waals surface area contributed by atoms with Crippen LogP contribution in [0, 0.1) is 5.92 Å². The smallest absolute Gasteiger partial charge is 0.237 e. The van der Waals surface area contributed by atoms with Crippen LogP contribution in [0.2, 0.25) is 0 Å². The lowest BCUT2D eigenvalue weighted by molar-refractivity contribution is -0.125. The summed E-state index contributed by atoms with van der Waals surface area (Å²) in [5.41, 5.74) is 1.25. The van der Waals surface area contributed by atoms with Gasteiger partial charge in [0.25, 0.3) is 0 Å². The first kappa shape index (κ1) is 15.0. The van der Waals surface area contributed by atoms with E-state index in [1.54, 1.807) is 0 Å². The van der Waals surface area contributed by atoms with Crippen LogP contribution in [0.1, 0.15) is 25.3 Å². The first-order chi connectivity index (χ1) is 9.70. The van der Waals surface area contributed by atoms with Crippen LogP contribution < -0.4 is 5.32 Å². The third-order valence-electron chi connectivity index (χ3n) is 3.83. The molecule has 4 nitrogen and oxygen atoms in total. The van der Waals surface area contributed by atoms with E-state index in [4.69, 9.17) is 5.11 Å². The zero-order valence-electron chi connectivity index (χ0n) is 12.1. The highest BCUT2D eigenvalue weighted by Crippen LogP contribution is 2.20. The number of nitrogens with zero attached hydrogens (tertiary/aromatic N) is 1. The van der Waals surface area contributed by atoms with Gasteiger partial charge in [0, 0.05) is 19.7 Å². The maximum absolute atomic E-state index is 12.2. The number of rotatable bonds is 6. The highest BCUT2D eigenvalue weighted by atomic mass is 16.3. The molecule has 1 aliphatic heterocycles. The molecule has 0 aromatic heterocycles. The number of hydrogen-bond donors (Lipinski definition) is 2. The molecule has 0 spiro atoms. The maximum atomic E-state index is 12.2. The lowest BCUT2D eigenvalue weighted by Crippen LogP contribution is -2.44. The van der Waals surface area contributed by atoms with Crippen molar-refractivity contribution < 1.29 is 9.90 Å². The number of benzene rings is 1. The number of likely N-dealkylation sites (tertiary alicyclic amines) is 1. The van der Waals surface area contributed by atoms with Gasteiger partial charge in [0.05, 0.1) is 6.04 Å². The summed E-state index contributed by atoms with van der Waals surface area (Å²) in [6.45, 7) is 4.39. The number of carbonyl (C=O) groups is 1. The second kappa shape index (κ2) is 7.41. The fraction of sp³-hybridized carbons (Fsp3) is 0.562. The van der Waals surface area contributed by atoms with Crippen molar-refractivity contribution in [3.05, 3.63) is 35.9 Å². The van der Waals surface area contributed by atoms with E-state index in [-0.39, 0.29) is 24.5 Å². The van der Waals surface area contributed by atoms with Crippen molar-refractivity contribution in [2.75, 3.05) is 19.7 Å². The number of aliphatic hydroxyl groups is 1. The zero-order chi connectivity index (χ0) is 14.4. The summed E-state index contributed by atoms with van der Waals surface area (Å²) < 4.78 is 0. The van der Waals surface area contributed by atoms with Crippen molar-refractivity contribution in [2.24, 2.45) is 5.92 Å². The highest BCUT2D eigenvalue weighted by molar-refractivity contribution is 5.82. The Bertz CT molecular complexity index is 422. The molecule has 20 heavy (non-hydrogen) atoms. The fourth-order valence-corrected chi connectivity index (χ4v) is 2.59. The summed E-state index contributed by atoms with van der Waals surface area (Å²) in [7, 11) is 0. The molecule has 0 bridgehead atoms. The molecule has 1 heterocycles. The molecular weight excluding hydrogens is 252 g/mol. The average molecular weight is 276 g/mol. The molecule has 1 aliphatic rings. The maximum Gasteiger partial charge on any atom is 0.237 e. The minimum absolute atomic E-state index is 0.0268. The molecule has 2 atom stereocenters. The molecule has 0 radical (unpaired) electrons. The van der Waals surface area contributed by atoms with Crippen molar-refractivity contribution in [1.29, 1.82) is 0 Å². The second-order valence-corrected chi connectivity index (χ2v) is 5.65. The van der Waals surface area contributed by atoms with E-state index < -0.39 is 0 Å². The Morgan fingerprint density at radius 3 is 2.90 bits per heavy atom. The fourth-order valence-electron chi connectivity index (χ4n) is 2.59. The Balaban J connectivity index is 1.88. The van der Waals surface area contributed by atoms with Crippen molar-refractivity contribution in [2.45, 2.75) is 32.4 Å². The van der Waals surface area contributed by atoms with E-state index in [1.807, 2.05) is 25.1 Å². The van der Waals surface area contributed by atoms with E-state index in [0.717, 1.165) is 25.9 Å². The largest absolute Gasteiger partial charge is 0.396 e. The summed E-state index contributed by atoms with van der Waals surface area (Å²) in [6.07, 6.45) is 1.99. The quantitative estimate of drug-likeness (QED) is 0.825. The molecule has 110 valence electrons. The molecular formula is C16H24N2O2. The van der Waals surface area contributed by atoms with Crippen molar-refractivity contribution in [3.63, 3.8) is 0 Å². The van der Waals surface area contributed by atoms with E-state index in [9.17, 15) is 4.79 Å². The molecule has 2 N–H and O–H groups in total. The minimum Gasteiger partial charge on any atom is -0.396 e. The number of aliphatic hydroxyl groups excluding tert-OH is 1. The van der Waals surface area contributed by atoms with Crippen LogP contribution in [0.25, 0.3) is 0 Å². The molecule has 1 aromatic rings. The van der Waals surface area contributed by atoms with Crippen LogP contribution in [-0.2, 0) is 11.3 Å². The van der Waals surface area contributed by atoms with Crippen LogP contribution in [0.15, 0.2) is 30.3 Å². The van der Waals surface area contributed by atoms with Crippen molar-refractivity contribution in [3.8, 4) is 0 Å². The Kier molecular flexibility index (Phi) is 5.56.